The number of carbonyl (C=O) groups is 2. The fourth-order valence-electron chi connectivity index (χ4n) is 3.82. The molecule has 5 nitrogen and oxygen atoms in total. The number of rotatable bonds is 3. The van der Waals surface area contributed by atoms with Crippen LogP contribution in [0.1, 0.15) is 54.3 Å². The molecule has 0 radical (unpaired) electrons. The quantitative estimate of drug-likeness (QED) is 0.874. The van der Waals surface area contributed by atoms with Gasteiger partial charge in [-0.1, -0.05) is 20.8 Å². The number of nitrogens with zero attached hydrogens (tertiary/aromatic N) is 1. The average Bonchev–Trinajstić information content (AvgIpc) is 2.97. The summed E-state index contributed by atoms with van der Waals surface area (Å²) in [5.41, 5.74) is 1.32. The topological polar surface area (TPSA) is 61.4 Å². The minimum absolute atomic E-state index is 0.0478. The summed E-state index contributed by atoms with van der Waals surface area (Å²) in [6.45, 7) is 10.7. The van der Waals surface area contributed by atoms with Gasteiger partial charge in [-0.3, -0.25) is 9.59 Å². The van der Waals surface area contributed by atoms with Crippen molar-refractivity contribution in [3.05, 3.63) is 35.4 Å². The standard InChI is InChI=1S/C21H31N3O2/c1-21(2,3)14-23-19(25)15-4-6-16(7-5-15)20(26)24-10-8-17-12-22-13-18(17)9-11-24/h4-7,17-18,22H,8-14H2,1-3H3,(H,23,25)/t17-,18+. The highest BCUT2D eigenvalue weighted by Crippen LogP contribution is 2.27. The predicted molar refractivity (Wildman–Crippen MR) is 103 cm³/mol. The van der Waals surface area contributed by atoms with E-state index in [1.165, 1.54) is 0 Å². The molecule has 2 aliphatic heterocycles. The summed E-state index contributed by atoms with van der Waals surface area (Å²) >= 11 is 0. The molecule has 0 unspecified atom stereocenters. The van der Waals surface area contributed by atoms with Crippen LogP contribution in [0.25, 0.3) is 0 Å². The lowest BCUT2D eigenvalue weighted by Crippen LogP contribution is -2.33. The molecule has 2 N–H and O–H groups in total. The first-order chi connectivity index (χ1) is 12.3. The fraction of sp³-hybridized carbons (Fsp3) is 0.619. The van der Waals surface area contributed by atoms with Crippen molar-refractivity contribution in [2.24, 2.45) is 17.3 Å². The van der Waals surface area contributed by atoms with Crippen LogP contribution in [-0.4, -0.2) is 49.4 Å². The molecule has 0 bridgehead atoms. The third-order valence-corrected chi connectivity index (χ3v) is 5.48. The van der Waals surface area contributed by atoms with Gasteiger partial charge in [-0.15, -0.1) is 0 Å². The van der Waals surface area contributed by atoms with Crippen LogP contribution < -0.4 is 10.6 Å². The monoisotopic (exact) mass is 357 g/mol. The molecule has 2 aliphatic rings. The SMILES string of the molecule is CC(C)(C)CNC(=O)c1ccc(C(=O)N2CC[C@@H]3CNC[C@@H]3CC2)cc1. The summed E-state index contributed by atoms with van der Waals surface area (Å²) in [5.74, 6) is 1.41. The van der Waals surface area contributed by atoms with Crippen LogP contribution >= 0.6 is 0 Å². The molecule has 0 spiro atoms. The number of amides is 2. The van der Waals surface area contributed by atoms with Gasteiger partial charge in [-0.25, -0.2) is 0 Å². The first kappa shape index (κ1) is 18.9. The second-order valence-electron chi connectivity index (χ2n) is 8.87. The van der Waals surface area contributed by atoms with E-state index in [1.54, 1.807) is 24.3 Å². The van der Waals surface area contributed by atoms with E-state index in [-0.39, 0.29) is 17.2 Å². The van der Waals surface area contributed by atoms with Crippen LogP contribution in [-0.2, 0) is 0 Å². The van der Waals surface area contributed by atoms with Gasteiger partial charge in [0.15, 0.2) is 0 Å². The fourth-order valence-corrected chi connectivity index (χ4v) is 3.82. The minimum atomic E-state index is -0.0889. The molecule has 2 heterocycles. The van der Waals surface area contributed by atoms with Crippen molar-refractivity contribution in [1.82, 2.24) is 15.5 Å². The number of fused-ring (bicyclic) bond motifs is 1. The molecule has 5 heteroatoms. The Kier molecular flexibility index (Phi) is 5.66. The van der Waals surface area contributed by atoms with Crippen molar-refractivity contribution in [3.8, 4) is 0 Å². The number of benzene rings is 1. The van der Waals surface area contributed by atoms with Crippen molar-refractivity contribution < 1.29 is 9.59 Å². The maximum Gasteiger partial charge on any atom is 0.253 e. The lowest BCUT2D eigenvalue weighted by molar-refractivity contribution is 0.0758. The average molecular weight is 357 g/mol. The molecule has 0 aromatic heterocycles. The van der Waals surface area contributed by atoms with E-state index >= 15 is 0 Å². The third-order valence-electron chi connectivity index (χ3n) is 5.48. The van der Waals surface area contributed by atoms with E-state index in [2.05, 4.69) is 31.4 Å². The number of carbonyl (C=O) groups excluding carboxylic acids is 2. The van der Waals surface area contributed by atoms with Gasteiger partial charge >= 0.3 is 0 Å². The van der Waals surface area contributed by atoms with E-state index in [0.29, 0.717) is 29.5 Å². The van der Waals surface area contributed by atoms with Crippen molar-refractivity contribution in [1.29, 1.82) is 0 Å². The molecule has 2 atom stereocenters. The second kappa shape index (κ2) is 7.78. The highest BCUT2D eigenvalue weighted by molar-refractivity contribution is 5.97. The van der Waals surface area contributed by atoms with Gasteiger partial charge < -0.3 is 15.5 Å². The lowest BCUT2D eigenvalue weighted by atomic mass is 9.92. The van der Waals surface area contributed by atoms with Crippen molar-refractivity contribution in [2.75, 3.05) is 32.7 Å². The van der Waals surface area contributed by atoms with Crippen LogP contribution in [0, 0.1) is 17.3 Å². The maximum atomic E-state index is 12.8. The van der Waals surface area contributed by atoms with Gasteiger partial charge in [0.1, 0.15) is 0 Å². The molecule has 2 saturated heterocycles. The Morgan fingerprint density at radius 1 is 1.04 bits per heavy atom. The predicted octanol–water partition coefficient (Wildman–Crippen LogP) is 2.53. The van der Waals surface area contributed by atoms with Crippen LogP contribution in [0.3, 0.4) is 0 Å². The maximum absolute atomic E-state index is 12.8. The Bertz CT molecular complexity index is 634. The summed E-state index contributed by atoms with van der Waals surface area (Å²) < 4.78 is 0. The molecular formula is C21H31N3O2. The van der Waals surface area contributed by atoms with Gasteiger partial charge in [-0.2, -0.15) is 0 Å². The molecule has 0 saturated carbocycles. The zero-order chi connectivity index (χ0) is 18.7. The van der Waals surface area contributed by atoms with E-state index in [0.717, 1.165) is 39.0 Å². The van der Waals surface area contributed by atoms with Gasteiger partial charge in [0.05, 0.1) is 0 Å². The summed E-state index contributed by atoms with van der Waals surface area (Å²) in [6, 6.07) is 7.06. The smallest absolute Gasteiger partial charge is 0.253 e. The van der Waals surface area contributed by atoms with Crippen molar-refractivity contribution in [3.63, 3.8) is 0 Å². The first-order valence-corrected chi connectivity index (χ1v) is 9.72. The molecule has 1 aromatic carbocycles. The largest absolute Gasteiger partial charge is 0.352 e. The molecule has 2 amide bonds. The van der Waals surface area contributed by atoms with Crippen LogP contribution in [0.15, 0.2) is 24.3 Å². The highest BCUT2D eigenvalue weighted by Gasteiger charge is 2.31. The molecule has 2 fully saturated rings. The lowest BCUT2D eigenvalue weighted by Gasteiger charge is -2.21. The van der Waals surface area contributed by atoms with Crippen LogP contribution in [0.2, 0.25) is 0 Å². The molecule has 142 valence electrons. The summed E-state index contributed by atoms with van der Waals surface area (Å²) in [4.78, 5) is 27.0. The van der Waals surface area contributed by atoms with Crippen molar-refractivity contribution >= 4 is 11.8 Å². The Hall–Kier alpha value is -1.88. The molecule has 3 rings (SSSR count). The first-order valence-electron chi connectivity index (χ1n) is 9.72. The van der Waals surface area contributed by atoms with E-state index < -0.39 is 0 Å². The summed E-state index contributed by atoms with van der Waals surface area (Å²) in [7, 11) is 0. The Balaban J connectivity index is 1.59. The van der Waals surface area contributed by atoms with E-state index in [9.17, 15) is 9.59 Å². The van der Waals surface area contributed by atoms with Gasteiger partial charge in [0.2, 0.25) is 0 Å². The van der Waals surface area contributed by atoms with E-state index in [1.807, 2.05) is 4.90 Å². The summed E-state index contributed by atoms with van der Waals surface area (Å²) in [5, 5.41) is 6.40. The molecule has 1 aromatic rings. The van der Waals surface area contributed by atoms with Gasteiger partial charge in [0.25, 0.3) is 11.8 Å². The molecular weight excluding hydrogens is 326 g/mol. The highest BCUT2D eigenvalue weighted by atomic mass is 16.2. The molecule has 0 aliphatic carbocycles. The zero-order valence-electron chi connectivity index (χ0n) is 16.2. The third kappa shape index (κ3) is 4.64. The Morgan fingerprint density at radius 3 is 2.12 bits per heavy atom. The Labute approximate surface area is 156 Å². The minimum Gasteiger partial charge on any atom is -0.352 e. The second-order valence-corrected chi connectivity index (χ2v) is 8.87. The van der Waals surface area contributed by atoms with Crippen molar-refractivity contribution in [2.45, 2.75) is 33.6 Å². The van der Waals surface area contributed by atoms with E-state index in [4.69, 9.17) is 0 Å². The van der Waals surface area contributed by atoms with Gasteiger partial charge in [0, 0.05) is 30.8 Å². The number of likely N-dealkylation sites (tertiary alicyclic amines) is 1. The Morgan fingerprint density at radius 2 is 1.58 bits per heavy atom. The summed E-state index contributed by atoms with van der Waals surface area (Å²) in [6.07, 6.45) is 2.16. The number of hydrogen-bond donors (Lipinski definition) is 2. The molecule has 26 heavy (non-hydrogen) atoms. The number of hydrogen-bond acceptors (Lipinski definition) is 3. The normalized spacial score (nSPS) is 23.3. The van der Waals surface area contributed by atoms with Gasteiger partial charge in [-0.05, 0) is 67.4 Å². The zero-order valence-corrected chi connectivity index (χ0v) is 16.2. The number of nitrogens with one attached hydrogen (secondary N) is 2. The van der Waals surface area contributed by atoms with Crippen LogP contribution in [0.4, 0.5) is 0 Å². The van der Waals surface area contributed by atoms with Crippen LogP contribution in [0.5, 0.6) is 0 Å².